The molecule has 14 nitrogen and oxygen atoms in total. The van der Waals surface area contributed by atoms with Gasteiger partial charge < -0.3 is 14.6 Å². The Morgan fingerprint density at radius 3 is 1.40 bits per heavy atom. The van der Waals surface area contributed by atoms with Gasteiger partial charge in [0.15, 0.2) is 11.6 Å². The van der Waals surface area contributed by atoms with Crippen LogP contribution in [0.3, 0.4) is 0 Å². The van der Waals surface area contributed by atoms with Crippen molar-refractivity contribution in [1.82, 2.24) is 0 Å². The normalized spacial score (nSPS) is 15.7. The number of anilines is 2. The van der Waals surface area contributed by atoms with E-state index in [1.807, 2.05) is 0 Å². The summed E-state index contributed by atoms with van der Waals surface area (Å²) in [6, 6.07) is 25.1. The summed E-state index contributed by atoms with van der Waals surface area (Å²) in [6.07, 6.45) is -1.50. The van der Waals surface area contributed by atoms with E-state index in [9.17, 15) is 57.5 Å². The largest absolute Gasteiger partial charge is 0.484 e. The van der Waals surface area contributed by atoms with Crippen LogP contribution in [0.25, 0.3) is 0 Å². The molecule has 0 unspecified atom stereocenters. The number of nitrogens with zero attached hydrogens (tertiary/aromatic N) is 2. The number of hydrogen-bond donors (Lipinski definition) is 1. The second-order valence-electron chi connectivity index (χ2n) is 15.6. The van der Waals surface area contributed by atoms with Gasteiger partial charge in [-0.3, -0.25) is 22.4 Å². The molecule has 2 aliphatic heterocycles. The molecule has 0 amide bonds. The van der Waals surface area contributed by atoms with Crippen LogP contribution >= 0.6 is 23.2 Å². The minimum atomic E-state index is -4.27. The highest BCUT2D eigenvalue weighted by Crippen LogP contribution is 2.40. The number of halogens is 6. The molecular formula is C47H38Cl2F4N2O12S3. The number of fused-ring (bicyclic) bond motifs is 2. The van der Waals surface area contributed by atoms with Gasteiger partial charge in [0.2, 0.25) is 0 Å². The fraction of sp³-hybridized carbons (Fsp3) is 0.191. The van der Waals surface area contributed by atoms with Crippen LogP contribution in [0.1, 0.15) is 31.8 Å². The summed E-state index contributed by atoms with van der Waals surface area (Å²) in [4.78, 5) is 25.1. The van der Waals surface area contributed by atoms with E-state index in [1.165, 1.54) is 54.6 Å². The van der Waals surface area contributed by atoms with E-state index in [0.717, 1.165) is 75.5 Å². The molecule has 1 N–H and O–H groups in total. The van der Waals surface area contributed by atoms with Crippen molar-refractivity contribution in [2.75, 3.05) is 41.2 Å². The number of aliphatic hydroxyl groups excluding tert-OH is 1. The molecule has 368 valence electrons. The van der Waals surface area contributed by atoms with Crippen LogP contribution in [-0.4, -0.2) is 86.7 Å². The summed E-state index contributed by atoms with van der Waals surface area (Å²) in [5.41, 5.74) is 0.426. The van der Waals surface area contributed by atoms with Gasteiger partial charge in [0.1, 0.15) is 53.6 Å². The van der Waals surface area contributed by atoms with Crippen LogP contribution in [0, 0.1) is 23.3 Å². The Morgan fingerprint density at radius 2 is 1.01 bits per heavy atom. The fourth-order valence-electron chi connectivity index (χ4n) is 7.32. The molecular weight excluding hydrogens is 1030 g/mol. The molecule has 23 heteroatoms. The van der Waals surface area contributed by atoms with Crippen molar-refractivity contribution < 1.29 is 71.2 Å². The number of hydrogen-bond acceptors (Lipinski definition) is 12. The zero-order valence-electron chi connectivity index (χ0n) is 36.3. The second-order valence-corrected chi connectivity index (χ2v) is 21.8. The van der Waals surface area contributed by atoms with Crippen LogP contribution in [0.2, 0.25) is 10.0 Å². The number of ketones is 2. The van der Waals surface area contributed by atoms with Crippen LogP contribution in [0.5, 0.6) is 11.5 Å². The summed E-state index contributed by atoms with van der Waals surface area (Å²) in [6.45, 7) is -1.42. The van der Waals surface area contributed by atoms with E-state index >= 15 is 0 Å². The lowest BCUT2D eigenvalue weighted by atomic mass is 10.0. The summed E-state index contributed by atoms with van der Waals surface area (Å²) in [5.74, 6) is -3.67. The van der Waals surface area contributed by atoms with Gasteiger partial charge in [0.05, 0.1) is 68.3 Å². The predicted molar refractivity (Wildman–Crippen MR) is 250 cm³/mol. The number of ether oxygens (including phenoxy) is 2. The molecule has 0 aromatic heterocycles. The quantitative estimate of drug-likeness (QED) is 0.0630. The average Bonchev–Trinajstić information content (AvgIpc) is 3.30. The summed E-state index contributed by atoms with van der Waals surface area (Å²) in [5, 5.41) is 9.49. The van der Waals surface area contributed by atoms with Gasteiger partial charge in [-0.2, -0.15) is 8.42 Å². The van der Waals surface area contributed by atoms with Crippen molar-refractivity contribution >= 4 is 76.3 Å². The minimum Gasteiger partial charge on any atom is -0.484 e. The van der Waals surface area contributed by atoms with Gasteiger partial charge in [0.25, 0.3) is 30.2 Å². The first-order valence-electron chi connectivity index (χ1n) is 20.6. The number of sulfonamides is 2. The highest BCUT2D eigenvalue weighted by atomic mass is 35.5. The zero-order chi connectivity index (χ0) is 50.7. The molecule has 0 radical (unpaired) electrons. The van der Waals surface area contributed by atoms with Gasteiger partial charge in [-0.1, -0.05) is 47.5 Å². The fourth-order valence-corrected chi connectivity index (χ4v) is 11.2. The molecule has 70 heavy (non-hydrogen) atoms. The van der Waals surface area contributed by atoms with Gasteiger partial charge in [0, 0.05) is 12.8 Å². The molecule has 0 bridgehead atoms. The van der Waals surface area contributed by atoms with Crippen molar-refractivity contribution in [3.8, 4) is 11.5 Å². The molecule has 0 fully saturated rings. The molecule has 2 atom stereocenters. The smallest absolute Gasteiger partial charge is 0.264 e. The topological polar surface area (TPSA) is 191 Å². The van der Waals surface area contributed by atoms with Crippen molar-refractivity contribution in [2.24, 2.45) is 0 Å². The molecule has 0 spiro atoms. The molecule has 2 heterocycles. The predicted octanol–water partition coefficient (Wildman–Crippen LogP) is 7.97. The third kappa shape index (κ3) is 11.7. The van der Waals surface area contributed by atoms with E-state index in [4.69, 9.17) is 36.9 Å². The maximum absolute atomic E-state index is 14.2. The molecule has 2 aliphatic rings. The van der Waals surface area contributed by atoms with E-state index in [0.29, 0.717) is 11.1 Å². The highest BCUT2D eigenvalue weighted by Gasteiger charge is 2.37. The Morgan fingerprint density at radius 1 is 0.614 bits per heavy atom. The first kappa shape index (κ1) is 51.8. The molecule has 6 aromatic carbocycles. The van der Waals surface area contributed by atoms with Gasteiger partial charge in [-0.15, -0.1) is 0 Å². The van der Waals surface area contributed by atoms with E-state index in [1.54, 1.807) is 6.07 Å². The van der Waals surface area contributed by atoms with E-state index in [2.05, 4.69) is 0 Å². The maximum atomic E-state index is 14.2. The van der Waals surface area contributed by atoms with Crippen molar-refractivity contribution in [1.29, 1.82) is 0 Å². The Hall–Kier alpha value is -6.07. The van der Waals surface area contributed by atoms with Gasteiger partial charge >= 0.3 is 0 Å². The van der Waals surface area contributed by atoms with E-state index < -0.39 is 90.4 Å². The lowest BCUT2D eigenvalue weighted by Gasteiger charge is -2.35. The Balaban J connectivity index is 0.000000208. The average molecular weight is 1070 g/mol. The summed E-state index contributed by atoms with van der Waals surface area (Å²) < 4.78 is 150. The van der Waals surface area contributed by atoms with E-state index in [-0.39, 0.29) is 79.8 Å². The van der Waals surface area contributed by atoms with Gasteiger partial charge in [-0.25, -0.2) is 34.4 Å². The monoisotopic (exact) mass is 1060 g/mol. The van der Waals surface area contributed by atoms with Crippen molar-refractivity contribution in [3.05, 3.63) is 177 Å². The summed E-state index contributed by atoms with van der Waals surface area (Å²) in [7, 11) is -12.2. The lowest BCUT2D eigenvalue weighted by Crippen LogP contribution is -2.45. The number of carbonyl (C=O) groups is 2. The number of carbonyl (C=O) groups excluding carboxylic acids is 2. The van der Waals surface area contributed by atoms with Crippen LogP contribution in [-0.2, 0) is 47.2 Å². The first-order chi connectivity index (χ1) is 33.0. The van der Waals surface area contributed by atoms with Crippen molar-refractivity contribution in [3.63, 3.8) is 0 Å². The molecule has 8 rings (SSSR count). The Bertz CT molecular complexity index is 3280. The molecule has 0 aliphatic carbocycles. The third-order valence-electron chi connectivity index (χ3n) is 10.6. The highest BCUT2D eigenvalue weighted by molar-refractivity contribution is 7.93. The molecule has 0 saturated heterocycles. The second kappa shape index (κ2) is 21.1. The third-order valence-corrected chi connectivity index (χ3v) is 15.4. The SMILES string of the molecule is CS(=O)(=O)OC[C@H]1CN(S(=O)(=O)c2ccc(F)cc2)c2cc(CC(=O)c3c(F)cccc3Cl)ccc2O1.O=C(Cc1ccc2c(c1)N(S(=O)(=O)c1ccc(F)cc1)C[C@H](CO)O2)c1c(F)cccc1Cl. The van der Waals surface area contributed by atoms with Crippen LogP contribution in [0.15, 0.2) is 131 Å². The van der Waals surface area contributed by atoms with Gasteiger partial charge in [-0.05, 0) is 108 Å². The standard InChI is InChI=1S/C24H20ClF2NO7S2.C23H18ClF2NO5S/c1-36(30,31)34-14-17-13-28(37(32,33)18-8-6-16(26)7-9-18)21-11-15(5-10-23(21)35-17)12-22(29)24-19(25)3-2-4-20(24)27;24-18-2-1-3-19(26)23(18)21(29)11-14-4-9-22-20(10-14)27(12-16(13-28)32-22)33(30,31)17-7-5-15(25)6-8-17/h2-11,17H,12-14H2,1H3;1-10,16,28H,11-13H2/t17-;16-/m11/s1. The lowest BCUT2D eigenvalue weighted by molar-refractivity contribution is 0.0980. The maximum Gasteiger partial charge on any atom is 0.264 e. The number of benzene rings is 6. The zero-order valence-corrected chi connectivity index (χ0v) is 40.2. The Kier molecular flexibility index (Phi) is 15.6. The first-order valence-corrected chi connectivity index (χ1v) is 26.1. The molecule has 6 aromatic rings. The number of aliphatic hydroxyl groups is 1. The summed E-state index contributed by atoms with van der Waals surface area (Å²) >= 11 is 12.0. The van der Waals surface area contributed by atoms with Crippen LogP contribution < -0.4 is 18.1 Å². The minimum absolute atomic E-state index is 0.0207. The molecule has 0 saturated carbocycles. The van der Waals surface area contributed by atoms with Crippen molar-refractivity contribution in [2.45, 2.75) is 34.8 Å². The Labute approximate surface area is 409 Å². The number of rotatable bonds is 14. The number of Topliss-reactive ketones (excluding diaryl/α,β-unsaturated/α-hetero) is 2. The van der Waals surface area contributed by atoms with Crippen LogP contribution in [0.4, 0.5) is 28.9 Å².